The van der Waals surface area contributed by atoms with Crippen LogP contribution >= 0.6 is 0 Å². The zero-order valence-corrected chi connectivity index (χ0v) is 13.5. The molecular formula is C17H16ClNO4. The Morgan fingerprint density at radius 3 is 1.70 bits per heavy atom. The maximum atomic E-state index is 8.49. The molecule has 0 aliphatic heterocycles. The van der Waals surface area contributed by atoms with Crippen LogP contribution in [0.4, 0.5) is 5.69 Å². The minimum atomic E-state index is -4.94. The molecule has 0 N–H and O–H groups in total. The number of rotatable bonds is 2. The lowest BCUT2D eigenvalue weighted by molar-refractivity contribution is -2.00. The SMILES string of the molecule is Cc1c(-c2ccccc2)c1=[N+](C)c1ccccc1.[O-][Cl+3]([O-])([O-])[O-]. The first-order chi connectivity index (χ1) is 10.8. The third kappa shape index (κ3) is 4.99. The standard InChI is InChI=1S/C17H16N.ClHO4/c1-13-16(14-9-5-3-6-10-14)17(13)18(2)15-11-7-4-8-12-15;2-1(3,4)5/h3-12H,1-2H3;(H,2,3,4,5)/q+1;/p-1. The molecule has 6 heteroatoms. The average Bonchev–Trinajstić information content (AvgIpc) is 3.18. The predicted octanol–water partition coefficient (Wildman–Crippen LogP) is -1.48. The Kier molecular flexibility index (Phi) is 5.30. The van der Waals surface area contributed by atoms with Gasteiger partial charge < -0.3 is 0 Å². The van der Waals surface area contributed by atoms with Crippen molar-refractivity contribution in [2.24, 2.45) is 0 Å². The monoisotopic (exact) mass is 333 g/mol. The maximum absolute atomic E-state index is 8.49. The first-order valence-corrected chi connectivity index (χ1v) is 8.07. The molecule has 3 aromatic rings. The molecule has 3 aromatic carbocycles. The minimum Gasteiger partial charge on any atom is -0.222 e. The van der Waals surface area contributed by atoms with Gasteiger partial charge in [0.05, 0.1) is 5.56 Å². The van der Waals surface area contributed by atoms with E-state index in [-0.39, 0.29) is 0 Å². The molecular weight excluding hydrogens is 318 g/mol. The molecule has 5 nitrogen and oxygen atoms in total. The molecule has 0 spiro atoms. The summed E-state index contributed by atoms with van der Waals surface area (Å²) in [5, 5.41) is 1.35. The summed E-state index contributed by atoms with van der Waals surface area (Å²) in [7, 11) is -2.82. The van der Waals surface area contributed by atoms with Crippen LogP contribution in [0.5, 0.6) is 0 Å². The van der Waals surface area contributed by atoms with Gasteiger partial charge in [0, 0.05) is 17.7 Å². The molecule has 0 atom stereocenters. The smallest absolute Gasteiger partial charge is 0.217 e. The molecule has 0 saturated heterocycles. The molecule has 0 aliphatic rings. The summed E-state index contributed by atoms with van der Waals surface area (Å²) in [6.07, 6.45) is 0. The van der Waals surface area contributed by atoms with Crippen LogP contribution in [-0.2, 0) is 0 Å². The lowest BCUT2D eigenvalue weighted by Gasteiger charge is -2.17. The van der Waals surface area contributed by atoms with Crippen molar-refractivity contribution in [2.75, 3.05) is 7.05 Å². The van der Waals surface area contributed by atoms with Gasteiger partial charge in [-0.05, 0) is 12.5 Å². The van der Waals surface area contributed by atoms with Gasteiger partial charge in [-0.3, -0.25) is 0 Å². The third-order valence-corrected chi connectivity index (χ3v) is 3.45. The van der Waals surface area contributed by atoms with Crippen molar-refractivity contribution in [1.29, 1.82) is 0 Å². The van der Waals surface area contributed by atoms with Gasteiger partial charge in [-0.15, -0.1) is 10.2 Å². The van der Waals surface area contributed by atoms with E-state index in [4.69, 9.17) is 18.6 Å². The highest BCUT2D eigenvalue weighted by Crippen LogP contribution is 2.24. The number of halogens is 1. The third-order valence-electron chi connectivity index (χ3n) is 3.45. The molecule has 0 amide bonds. The molecule has 0 unspecified atom stereocenters. The molecule has 120 valence electrons. The fraction of sp³-hybridized carbons (Fsp3) is 0.118. The normalized spacial score (nSPS) is 12.6. The Morgan fingerprint density at radius 2 is 1.22 bits per heavy atom. The van der Waals surface area contributed by atoms with Crippen LogP contribution in [0, 0.1) is 17.2 Å². The second-order valence-corrected chi connectivity index (χ2v) is 5.74. The quantitative estimate of drug-likeness (QED) is 0.534. The van der Waals surface area contributed by atoms with E-state index in [2.05, 4.69) is 73.1 Å². The Bertz CT molecular complexity index is 779. The Balaban J connectivity index is 0.000000338. The number of para-hydroxylation sites is 1. The van der Waals surface area contributed by atoms with Crippen LogP contribution in [-0.4, -0.2) is 7.05 Å². The number of hydrogen-bond donors (Lipinski definition) is 0. The second kappa shape index (κ2) is 7.04. The average molecular weight is 334 g/mol. The Hall–Kier alpha value is -2.02. The van der Waals surface area contributed by atoms with Gasteiger partial charge in [0.1, 0.15) is 7.05 Å². The minimum absolute atomic E-state index is 1.23. The molecule has 0 aromatic heterocycles. The van der Waals surface area contributed by atoms with E-state index in [0.717, 1.165) is 0 Å². The van der Waals surface area contributed by atoms with Crippen molar-refractivity contribution in [2.45, 2.75) is 6.92 Å². The van der Waals surface area contributed by atoms with Gasteiger partial charge in [-0.25, -0.2) is 18.6 Å². The second-order valence-electron chi connectivity index (χ2n) is 4.99. The van der Waals surface area contributed by atoms with Crippen LogP contribution < -0.4 is 28.6 Å². The highest BCUT2D eigenvalue weighted by atomic mass is 35.7. The number of nitrogens with zero attached hydrogens (tertiary/aromatic N) is 1. The van der Waals surface area contributed by atoms with Gasteiger partial charge in [0.2, 0.25) is 11.0 Å². The summed E-state index contributed by atoms with van der Waals surface area (Å²) in [5.74, 6) is 0. The molecule has 0 radical (unpaired) electrons. The Labute approximate surface area is 136 Å². The van der Waals surface area contributed by atoms with Gasteiger partial charge in [0.25, 0.3) is 0 Å². The molecule has 23 heavy (non-hydrogen) atoms. The largest absolute Gasteiger partial charge is 0.222 e. The van der Waals surface area contributed by atoms with E-state index in [1.165, 1.54) is 27.7 Å². The summed E-state index contributed by atoms with van der Waals surface area (Å²) in [6, 6.07) is 21.1. The summed E-state index contributed by atoms with van der Waals surface area (Å²) in [6.45, 7) is 2.19. The molecule has 0 aliphatic carbocycles. The van der Waals surface area contributed by atoms with Crippen molar-refractivity contribution in [3.05, 3.63) is 71.6 Å². The van der Waals surface area contributed by atoms with Crippen molar-refractivity contribution < 1.29 is 28.9 Å². The summed E-state index contributed by atoms with van der Waals surface area (Å²) < 4.78 is 36.2. The lowest BCUT2D eigenvalue weighted by atomic mass is 10.2. The molecule has 0 bridgehead atoms. The zero-order valence-electron chi connectivity index (χ0n) is 12.7. The first-order valence-electron chi connectivity index (χ1n) is 6.83. The van der Waals surface area contributed by atoms with E-state index < -0.39 is 10.2 Å². The van der Waals surface area contributed by atoms with E-state index in [1.807, 2.05) is 6.07 Å². The van der Waals surface area contributed by atoms with Crippen molar-refractivity contribution in [1.82, 2.24) is 4.58 Å². The zero-order chi connectivity index (χ0) is 17.0. The fourth-order valence-corrected chi connectivity index (χ4v) is 2.43. The van der Waals surface area contributed by atoms with Crippen LogP contribution in [0.2, 0.25) is 0 Å². The fourth-order valence-electron chi connectivity index (χ4n) is 2.43. The molecule has 0 heterocycles. The molecule has 0 fully saturated rings. The first kappa shape index (κ1) is 17.3. The lowest BCUT2D eigenvalue weighted by Crippen LogP contribution is -2.68. The molecule has 3 rings (SSSR count). The van der Waals surface area contributed by atoms with E-state index in [1.54, 1.807) is 0 Å². The van der Waals surface area contributed by atoms with Gasteiger partial charge in [-0.1, -0.05) is 48.5 Å². The number of hydrogen-bond acceptors (Lipinski definition) is 4. The summed E-state index contributed by atoms with van der Waals surface area (Å²) in [4.78, 5) is 0. The summed E-state index contributed by atoms with van der Waals surface area (Å²) >= 11 is 0. The summed E-state index contributed by atoms with van der Waals surface area (Å²) in [5.41, 5.74) is 5.33. The van der Waals surface area contributed by atoms with Gasteiger partial charge in [0.15, 0.2) is 0 Å². The van der Waals surface area contributed by atoms with Crippen LogP contribution in [0.15, 0.2) is 60.7 Å². The van der Waals surface area contributed by atoms with Crippen LogP contribution in [0.25, 0.3) is 11.1 Å². The van der Waals surface area contributed by atoms with E-state index in [0.29, 0.717) is 0 Å². The predicted molar refractivity (Wildman–Crippen MR) is 76.3 cm³/mol. The molecule has 0 saturated carbocycles. The van der Waals surface area contributed by atoms with Gasteiger partial charge >= 0.3 is 0 Å². The number of benzene rings is 2. The Morgan fingerprint density at radius 1 is 0.783 bits per heavy atom. The van der Waals surface area contributed by atoms with Crippen molar-refractivity contribution in [3.63, 3.8) is 0 Å². The van der Waals surface area contributed by atoms with Crippen LogP contribution in [0.3, 0.4) is 0 Å². The van der Waals surface area contributed by atoms with Crippen LogP contribution in [0.1, 0.15) is 5.56 Å². The van der Waals surface area contributed by atoms with Gasteiger partial charge in [-0.2, -0.15) is 4.58 Å². The maximum Gasteiger partial charge on any atom is 0.217 e. The van der Waals surface area contributed by atoms with E-state index >= 15 is 0 Å². The highest BCUT2D eigenvalue weighted by Gasteiger charge is 2.25. The topological polar surface area (TPSA) is 95.2 Å². The van der Waals surface area contributed by atoms with E-state index in [9.17, 15) is 0 Å². The van der Waals surface area contributed by atoms with Crippen molar-refractivity contribution >= 4 is 5.69 Å². The van der Waals surface area contributed by atoms with Crippen molar-refractivity contribution in [3.8, 4) is 11.1 Å². The highest BCUT2D eigenvalue weighted by molar-refractivity contribution is 5.75.